The zero-order valence-electron chi connectivity index (χ0n) is 9.70. The van der Waals surface area contributed by atoms with Gasteiger partial charge in [-0.1, -0.05) is 11.6 Å². The van der Waals surface area contributed by atoms with E-state index in [4.69, 9.17) is 21.6 Å². The average Bonchev–Trinajstić information content (AvgIpc) is 2.19. The lowest BCUT2D eigenvalue weighted by Gasteiger charge is -2.19. The van der Waals surface area contributed by atoms with E-state index in [-0.39, 0.29) is 6.10 Å². The highest BCUT2D eigenvalue weighted by Gasteiger charge is 2.08. The lowest BCUT2D eigenvalue weighted by atomic mass is 10.2. The molecule has 0 aliphatic heterocycles. The maximum absolute atomic E-state index is 8.70. The van der Waals surface area contributed by atoms with Gasteiger partial charge < -0.3 is 9.64 Å². The third-order valence-electron chi connectivity index (χ3n) is 2.01. The van der Waals surface area contributed by atoms with Crippen molar-refractivity contribution in [2.75, 3.05) is 20.6 Å². The lowest BCUT2D eigenvalue weighted by molar-refractivity contribution is 0.177. The van der Waals surface area contributed by atoms with Crippen LogP contribution in [0.25, 0.3) is 0 Å². The van der Waals surface area contributed by atoms with Crippen LogP contribution in [0, 0.1) is 11.3 Å². The monoisotopic (exact) mass is 238 g/mol. The molecule has 3 nitrogen and oxygen atoms in total. The van der Waals surface area contributed by atoms with Crippen molar-refractivity contribution in [1.82, 2.24) is 4.90 Å². The van der Waals surface area contributed by atoms with Crippen LogP contribution >= 0.6 is 11.6 Å². The highest BCUT2D eigenvalue weighted by Crippen LogP contribution is 2.26. The summed E-state index contributed by atoms with van der Waals surface area (Å²) in [4.78, 5) is 2.04. The number of hydrogen-bond donors (Lipinski definition) is 0. The molecular weight excluding hydrogens is 224 g/mol. The van der Waals surface area contributed by atoms with Crippen LogP contribution in [-0.4, -0.2) is 31.6 Å². The normalized spacial score (nSPS) is 12.2. The number of nitrogens with zero attached hydrogens (tertiary/aromatic N) is 2. The smallest absolute Gasteiger partial charge is 0.138 e. The first-order valence-electron chi connectivity index (χ1n) is 5.04. The van der Waals surface area contributed by atoms with Crippen LogP contribution in [0.15, 0.2) is 18.2 Å². The van der Waals surface area contributed by atoms with Gasteiger partial charge in [0.15, 0.2) is 0 Å². The van der Waals surface area contributed by atoms with Gasteiger partial charge in [0.05, 0.1) is 16.7 Å². The molecule has 16 heavy (non-hydrogen) atoms. The zero-order chi connectivity index (χ0) is 12.1. The number of nitriles is 1. The molecule has 1 unspecified atom stereocenters. The van der Waals surface area contributed by atoms with Gasteiger partial charge in [-0.15, -0.1) is 0 Å². The van der Waals surface area contributed by atoms with Gasteiger partial charge in [0, 0.05) is 6.54 Å². The van der Waals surface area contributed by atoms with Gasteiger partial charge in [0.1, 0.15) is 11.9 Å². The lowest BCUT2D eigenvalue weighted by Crippen LogP contribution is -2.28. The third-order valence-corrected chi connectivity index (χ3v) is 2.31. The molecule has 0 aliphatic rings. The fourth-order valence-electron chi connectivity index (χ4n) is 1.43. The summed E-state index contributed by atoms with van der Waals surface area (Å²) in [5, 5.41) is 9.17. The minimum absolute atomic E-state index is 0.0560. The second kappa shape index (κ2) is 5.74. The van der Waals surface area contributed by atoms with Crippen molar-refractivity contribution in [1.29, 1.82) is 5.26 Å². The molecule has 1 atom stereocenters. The topological polar surface area (TPSA) is 36.3 Å². The van der Waals surface area contributed by atoms with Crippen molar-refractivity contribution in [3.05, 3.63) is 28.8 Å². The van der Waals surface area contributed by atoms with Gasteiger partial charge in [0.25, 0.3) is 0 Å². The van der Waals surface area contributed by atoms with Crippen molar-refractivity contribution in [3.63, 3.8) is 0 Å². The molecular formula is C12H15ClN2O. The summed E-state index contributed by atoms with van der Waals surface area (Å²) in [6, 6.07) is 7.07. The Morgan fingerprint density at radius 3 is 2.69 bits per heavy atom. The Kier molecular flexibility index (Phi) is 4.60. The fraction of sp³-hybridized carbons (Fsp3) is 0.417. The second-order valence-corrected chi connectivity index (χ2v) is 4.35. The van der Waals surface area contributed by atoms with Crippen molar-refractivity contribution in [2.24, 2.45) is 0 Å². The van der Waals surface area contributed by atoms with Gasteiger partial charge in [-0.05, 0) is 39.2 Å². The number of halogens is 1. The molecule has 4 heteroatoms. The predicted octanol–water partition coefficient (Wildman–Crippen LogP) is 2.54. The number of hydrogen-bond acceptors (Lipinski definition) is 3. The maximum atomic E-state index is 8.70. The van der Waals surface area contributed by atoms with E-state index in [0.717, 1.165) is 6.54 Å². The summed E-state index contributed by atoms with van der Waals surface area (Å²) >= 11 is 6.00. The van der Waals surface area contributed by atoms with Crippen molar-refractivity contribution in [2.45, 2.75) is 13.0 Å². The molecule has 0 saturated heterocycles. The molecule has 0 amide bonds. The van der Waals surface area contributed by atoms with E-state index in [1.165, 1.54) is 0 Å². The van der Waals surface area contributed by atoms with E-state index in [2.05, 4.69) is 0 Å². The minimum Gasteiger partial charge on any atom is -0.488 e. The Morgan fingerprint density at radius 2 is 2.19 bits per heavy atom. The quantitative estimate of drug-likeness (QED) is 0.809. The minimum atomic E-state index is 0.0560. The van der Waals surface area contributed by atoms with E-state index in [1.54, 1.807) is 18.2 Å². The summed E-state index contributed by atoms with van der Waals surface area (Å²) < 4.78 is 5.67. The Hall–Kier alpha value is -1.24. The second-order valence-electron chi connectivity index (χ2n) is 3.95. The van der Waals surface area contributed by atoms with E-state index < -0.39 is 0 Å². The Balaban J connectivity index is 2.71. The largest absolute Gasteiger partial charge is 0.488 e. The molecule has 0 N–H and O–H groups in total. The average molecular weight is 239 g/mol. The standard InChI is InChI=1S/C12H15ClN2O/c1-9(8-15(2)3)16-12-5-4-10(7-14)6-11(12)13/h4-6,9H,8H2,1-3H3. The number of benzene rings is 1. The fourth-order valence-corrected chi connectivity index (χ4v) is 1.66. The Morgan fingerprint density at radius 1 is 1.50 bits per heavy atom. The summed E-state index contributed by atoms with van der Waals surface area (Å²) in [5.74, 6) is 0.620. The van der Waals surface area contributed by atoms with Gasteiger partial charge in [-0.2, -0.15) is 5.26 Å². The number of likely N-dealkylation sites (N-methyl/N-ethyl adjacent to an activating group) is 1. The molecule has 0 bridgehead atoms. The van der Waals surface area contributed by atoms with E-state index in [0.29, 0.717) is 16.3 Å². The van der Waals surface area contributed by atoms with Crippen LogP contribution in [0.2, 0.25) is 5.02 Å². The first kappa shape index (κ1) is 12.8. The molecule has 0 radical (unpaired) electrons. The SMILES string of the molecule is CC(CN(C)C)Oc1ccc(C#N)cc1Cl. The molecule has 0 aliphatic carbocycles. The molecule has 0 spiro atoms. The summed E-state index contributed by atoms with van der Waals surface area (Å²) in [6.45, 7) is 2.80. The van der Waals surface area contributed by atoms with E-state index in [1.807, 2.05) is 32.0 Å². The molecule has 0 heterocycles. The molecule has 1 rings (SSSR count). The number of ether oxygens (including phenoxy) is 1. The van der Waals surface area contributed by atoms with Gasteiger partial charge in [-0.3, -0.25) is 0 Å². The van der Waals surface area contributed by atoms with E-state index >= 15 is 0 Å². The van der Waals surface area contributed by atoms with Crippen molar-refractivity contribution < 1.29 is 4.74 Å². The molecule has 1 aromatic carbocycles. The summed E-state index contributed by atoms with van der Waals surface area (Å²) in [6.07, 6.45) is 0.0560. The first-order valence-corrected chi connectivity index (χ1v) is 5.41. The molecule has 0 aromatic heterocycles. The maximum Gasteiger partial charge on any atom is 0.138 e. The van der Waals surface area contributed by atoms with Gasteiger partial charge >= 0.3 is 0 Å². The van der Waals surface area contributed by atoms with Crippen molar-refractivity contribution in [3.8, 4) is 11.8 Å². The summed E-state index contributed by atoms with van der Waals surface area (Å²) in [5.41, 5.74) is 0.539. The predicted molar refractivity (Wildman–Crippen MR) is 64.8 cm³/mol. The third kappa shape index (κ3) is 3.73. The highest BCUT2D eigenvalue weighted by molar-refractivity contribution is 6.32. The van der Waals surface area contributed by atoms with Crippen LogP contribution in [0.3, 0.4) is 0 Å². The van der Waals surface area contributed by atoms with Crippen LogP contribution < -0.4 is 4.74 Å². The first-order chi connectivity index (χ1) is 7.52. The van der Waals surface area contributed by atoms with Gasteiger partial charge in [0.2, 0.25) is 0 Å². The van der Waals surface area contributed by atoms with Crippen LogP contribution in [0.1, 0.15) is 12.5 Å². The zero-order valence-corrected chi connectivity index (χ0v) is 10.5. The molecule has 1 aromatic rings. The van der Waals surface area contributed by atoms with Crippen LogP contribution in [-0.2, 0) is 0 Å². The Labute approximate surface area is 101 Å². The summed E-state index contributed by atoms with van der Waals surface area (Å²) in [7, 11) is 3.97. The Bertz CT molecular complexity index is 398. The molecule has 0 fully saturated rings. The van der Waals surface area contributed by atoms with Crippen LogP contribution in [0.5, 0.6) is 5.75 Å². The highest BCUT2D eigenvalue weighted by atomic mass is 35.5. The molecule has 86 valence electrons. The number of rotatable bonds is 4. The van der Waals surface area contributed by atoms with Crippen LogP contribution in [0.4, 0.5) is 0 Å². The van der Waals surface area contributed by atoms with Gasteiger partial charge in [-0.25, -0.2) is 0 Å². The van der Waals surface area contributed by atoms with Crippen molar-refractivity contribution >= 4 is 11.6 Å². The molecule has 0 saturated carbocycles. The van der Waals surface area contributed by atoms with E-state index in [9.17, 15) is 0 Å².